The minimum absolute atomic E-state index is 0.362. The lowest BCUT2D eigenvalue weighted by Crippen LogP contribution is -2.29. The van der Waals surface area contributed by atoms with Gasteiger partial charge in [0.05, 0.1) is 12.7 Å². The molecule has 0 aromatic heterocycles. The highest BCUT2D eigenvalue weighted by Crippen LogP contribution is 2.23. The fourth-order valence-corrected chi connectivity index (χ4v) is 1.40. The molecule has 88 valence electrons. The molecule has 0 radical (unpaired) electrons. The van der Waals surface area contributed by atoms with Gasteiger partial charge in [-0.15, -0.1) is 5.92 Å². The first-order chi connectivity index (χ1) is 7.55. The summed E-state index contributed by atoms with van der Waals surface area (Å²) in [6.45, 7) is 3.97. The summed E-state index contributed by atoms with van der Waals surface area (Å²) in [7, 11) is 0. The van der Waals surface area contributed by atoms with E-state index >= 15 is 0 Å². The quantitative estimate of drug-likeness (QED) is 0.576. The molecule has 1 aliphatic heterocycles. The highest BCUT2D eigenvalue weighted by atomic mass is 16.7. The molecule has 1 N–H and O–H groups in total. The van der Waals surface area contributed by atoms with Crippen molar-refractivity contribution in [3.8, 4) is 17.9 Å². The average Bonchev–Trinajstić information content (AvgIpc) is 2.58. The van der Waals surface area contributed by atoms with Crippen molar-refractivity contribution in [3.63, 3.8) is 0 Å². The van der Waals surface area contributed by atoms with Crippen molar-refractivity contribution in [2.75, 3.05) is 6.61 Å². The Morgan fingerprint density at radius 2 is 2.25 bits per heavy atom. The summed E-state index contributed by atoms with van der Waals surface area (Å²) in [6, 6.07) is 2.05. The van der Waals surface area contributed by atoms with Crippen LogP contribution in [0.4, 0.5) is 0 Å². The fourth-order valence-electron chi connectivity index (χ4n) is 1.40. The van der Waals surface area contributed by atoms with Crippen LogP contribution in [-0.2, 0) is 9.47 Å². The molecule has 1 saturated heterocycles. The van der Waals surface area contributed by atoms with Crippen molar-refractivity contribution in [2.24, 2.45) is 0 Å². The molecule has 0 aromatic rings. The van der Waals surface area contributed by atoms with Gasteiger partial charge in [-0.2, -0.15) is 5.26 Å². The highest BCUT2D eigenvalue weighted by molar-refractivity contribution is 5.08. The normalized spacial score (nSPS) is 24.2. The molecule has 16 heavy (non-hydrogen) atoms. The van der Waals surface area contributed by atoms with Crippen LogP contribution in [-0.4, -0.2) is 29.7 Å². The van der Waals surface area contributed by atoms with Gasteiger partial charge in [0.15, 0.2) is 5.79 Å². The maximum atomic E-state index is 9.69. The molecule has 4 nitrogen and oxygen atoms in total. The van der Waals surface area contributed by atoms with Crippen LogP contribution in [0.3, 0.4) is 0 Å². The monoisotopic (exact) mass is 223 g/mol. The van der Waals surface area contributed by atoms with E-state index in [-0.39, 0.29) is 6.10 Å². The summed E-state index contributed by atoms with van der Waals surface area (Å²) >= 11 is 0. The molecule has 0 amide bonds. The van der Waals surface area contributed by atoms with E-state index < -0.39 is 11.9 Å². The zero-order valence-electron chi connectivity index (χ0n) is 9.69. The maximum absolute atomic E-state index is 9.69. The van der Waals surface area contributed by atoms with Crippen LogP contribution >= 0.6 is 0 Å². The summed E-state index contributed by atoms with van der Waals surface area (Å²) in [5.41, 5.74) is 0. The van der Waals surface area contributed by atoms with Gasteiger partial charge in [0.1, 0.15) is 12.2 Å². The molecule has 0 aliphatic carbocycles. The number of hydrogen-bond acceptors (Lipinski definition) is 4. The molecule has 2 atom stereocenters. The van der Waals surface area contributed by atoms with Crippen molar-refractivity contribution in [3.05, 3.63) is 0 Å². The van der Waals surface area contributed by atoms with Gasteiger partial charge in [0, 0.05) is 12.8 Å². The van der Waals surface area contributed by atoms with Crippen molar-refractivity contribution in [1.82, 2.24) is 0 Å². The largest absolute Gasteiger partial charge is 0.378 e. The number of nitrogens with zero attached hydrogens (tertiary/aromatic N) is 1. The first kappa shape index (κ1) is 13.0. The van der Waals surface area contributed by atoms with Gasteiger partial charge in [0.2, 0.25) is 0 Å². The predicted octanol–water partition coefficient (Wildman–Crippen LogP) is 1.20. The second-order valence-electron chi connectivity index (χ2n) is 4.14. The second-order valence-corrected chi connectivity index (χ2v) is 4.14. The molecular weight excluding hydrogens is 206 g/mol. The molecule has 1 heterocycles. The Morgan fingerprint density at radius 1 is 1.50 bits per heavy atom. The summed E-state index contributed by atoms with van der Waals surface area (Å²) < 4.78 is 10.8. The molecular formula is C12H17NO3. The van der Waals surface area contributed by atoms with E-state index in [0.29, 0.717) is 19.4 Å². The van der Waals surface area contributed by atoms with Gasteiger partial charge in [0.25, 0.3) is 0 Å². The summed E-state index contributed by atoms with van der Waals surface area (Å²) in [5.74, 6) is 4.92. The van der Waals surface area contributed by atoms with E-state index in [9.17, 15) is 5.11 Å². The Kier molecular flexibility index (Phi) is 4.76. The lowest BCUT2D eigenvalue weighted by molar-refractivity contribution is -0.146. The first-order valence-electron chi connectivity index (χ1n) is 5.40. The molecule has 0 spiro atoms. The van der Waals surface area contributed by atoms with Gasteiger partial charge in [-0.05, 0) is 20.3 Å². The summed E-state index contributed by atoms with van der Waals surface area (Å²) in [4.78, 5) is 0. The molecule has 0 aromatic carbocycles. The van der Waals surface area contributed by atoms with Crippen LogP contribution < -0.4 is 0 Å². The van der Waals surface area contributed by atoms with Crippen LogP contribution in [0.1, 0.15) is 33.1 Å². The number of unbranched alkanes of at least 4 members (excludes halogenated alkanes) is 2. The molecule has 0 unspecified atom stereocenters. The van der Waals surface area contributed by atoms with Crippen LogP contribution in [0.2, 0.25) is 0 Å². The molecule has 1 fully saturated rings. The number of rotatable bonds is 3. The fraction of sp³-hybridized carbons (Fsp3) is 0.750. The zero-order valence-corrected chi connectivity index (χ0v) is 9.69. The maximum Gasteiger partial charge on any atom is 0.163 e. The van der Waals surface area contributed by atoms with Crippen LogP contribution in [0.25, 0.3) is 0 Å². The van der Waals surface area contributed by atoms with Crippen molar-refractivity contribution in [1.29, 1.82) is 5.26 Å². The van der Waals surface area contributed by atoms with Gasteiger partial charge in [-0.1, -0.05) is 5.92 Å². The third-order valence-electron chi connectivity index (χ3n) is 2.22. The lowest BCUT2D eigenvalue weighted by atomic mass is 10.2. The van der Waals surface area contributed by atoms with Crippen molar-refractivity contribution in [2.45, 2.75) is 51.1 Å². The van der Waals surface area contributed by atoms with Crippen LogP contribution in [0, 0.1) is 23.2 Å². The van der Waals surface area contributed by atoms with Crippen molar-refractivity contribution < 1.29 is 14.6 Å². The number of hydrogen-bond donors (Lipinski definition) is 1. The molecule has 1 aliphatic rings. The Bertz CT molecular complexity index is 321. The predicted molar refractivity (Wildman–Crippen MR) is 58.2 cm³/mol. The Morgan fingerprint density at radius 3 is 2.81 bits per heavy atom. The summed E-state index contributed by atoms with van der Waals surface area (Å²) in [5, 5.41) is 18.0. The van der Waals surface area contributed by atoms with Crippen molar-refractivity contribution >= 4 is 0 Å². The van der Waals surface area contributed by atoms with Crippen LogP contribution in [0.5, 0.6) is 0 Å². The van der Waals surface area contributed by atoms with Gasteiger partial charge in [-0.3, -0.25) is 0 Å². The highest BCUT2D eigenvalue weighted by Gasteiger charge is 2.36. The number of nitriles is 1. The number of ether oxygens (including phenoxy) is 2. The van der Waals surface area contributed by atoms with E-state index in [4.69, 9.17) is 14.7 Å². The van der Waals surface area contributed by atoms with Gasteiger partial charge < -0.3 is 14.6 Å². The topological polar surface area (TPSA) is 62.5 Å². The second kappa shape index (κ2) is 5.86. The van der Waals surface area contributed by atoms with E-state index in [0.717, 1.165) is 6.42 Å². The van der Waals surface area contributed by atoms with E-state index in [1.54, 1.807) is 13.8 Å². The molecule has 0 saturated carbocycles. The lowest BCUT2D eigenvalue weighted by Gasteiger charge is -2.17. The van der Waals surface area contributed by atoms with E-state index in [1.165, 1.54) is 0 Å². The molecule has 4 heteroatoms. The zero-order chi connectivity index (χ0) is 12.0. The SMILES string of the molecule is CC1(C)OC[C@H]([C@H](O)C#CCCCC#N)O1. The standard InChI is InChI=1S/C12H17NO3/c1-12(2)15-9-11(16-12)10(14)7-5-3-4-6-8-13/h10-11,14H,3-4,6,9H2,1-2H3/t10-,11-/m1/s1. The third-order valence-corrected chi connectivity index (χ3v) is 2.22. The Hall–Kier alpha value is -1.07. The first-order valence-corrected chi connectivity index (χ1v) is 5.40. The van der Waals surface area contributed by atoms with E-state index in [1.807, 2.05) is 6.07 Å². The van der Waals surface area contributed by atoms with Crippen LogP contribution in [0.15, 0.2) is 0 Å². The van der Waals surface area contributed by atoms with Gasteiger partial charge in [-0.25, -0.2) is 0 Å². The minimum atomic E-state index is -0.816. The Labute approximate surface area is 96.2 Å². The van der Waals surface area contributed by atoms with E-state index in [2.05, 4.69) is 11.8 Å². The average molecular weight is 223 g/mol. The number of aliphatic hydroxyl groups is 1. The molecule has 1 rings (SSSR count). The minimum Gasteiger partial charge on any atom is -0.378 e. The molecule has 0 bridgehead atoms. The number of aliphatic hydroxyl groups excluding tert-OH is 1. The third kappa shape index (κ3) is 4.20. The summed E-state index contributed by atoms with van der Waals surface area (Å²) in [6.07, 6.45) is 0.675. The smallest absolute Gasteiger partial charge is 0.163 e. The van der Waals surface area contributed by atoms with Gasteiger partial charge >= 0.3 is 0 Å². The Balaban J connectivity index is 2.30.